The molecular weight excluding hydrogens is 1040 g/mol. The molecule has 6 nitrogen and oxygen atoms in total. The Kier molecular flexibility index (Phi) is 74.3. The quantitative estimate of drug-likeness (QED) is 0.0417. The number of aliphatic hydroxyl groups is 2. The van der Waals surface area contributed by atoms with Gasteiger partial charge in [-0.15, -0.1) is 0 Å². The molecule has 1 amide bonds. The predicted molar refractivity (Wildman–Crippen MR) is 375 cm³/mol. The number of carbonyl (C=O) groups is 2. The van der Waals surface area contributed by atoms with E-state index in [9.17, 15) is 19.8 Å². The summed E-state index contributed by atoms with van der Waals surface area (Å²) >= 11 is 0. The van der Waals surface area contributed by atoms with E-state index in [2.05, 4.69) is 19.2 Å². The lowest BCUT2D eigenvalue weighted by Crippen LogP contribution is -2.45. The number of unbranched alkanes of at least 4 members (excludes halogenated alkanes) is 65. The molecule has 0 bridgehead atoms. The van der Waals surface area contributed by atoms with E-state index in [1.165, 1.54) is 398 Å². The summed E-state index contributed by atoms with van der Waals surface area (Å²) in [6.45, 7) is 5.02. The minimum atomic E-state index is -0.663. The molecule has 3 N–H and O–H groups in total. The second kappa shape index (κ2) is 75.3. The van der Waals surface area contributed by atoms with Crippen molar-refractivity contribution in [3.63, 3.8) is 0 Å². The first-order valence-electron chi connectivity index (χ1n) is 39.8. The fourth-order valence-corrected chi connectivity index (χ4v) is 13.1. The van der Waals surface area contributed by atoms with E-state index in [1.54, 1.807) is 0 Å². The van der Waals surface area contributed by atoms with E-state index in [0.29, 0.717) is 25.9 Å². The molecule has 0 aliphatic rings. The van der Waals surface area contributed by atoms with Crippen LogP contribution in [0.1, 0.15) is 470 Å². The number of nitrogens with one attached hydrogen (secondary N) is 1. The molecule has 85 heavy (non-hydrogen) atoms. The van der Waals surface area contributed by atoms with E-state index in [1.807, 2.05) is 0 Å². The first-order chi connectivity index (χ1) is 42.0. The third kappa shape index (κ3) is 71.8. The number of carbonyl (C=O) groups excluding carboxylic acids is 2. The SMILES string of the molecule is CCCCCCCCCCCCCCCCCCCCCCCCCCCC(O)C(CO)NC(=O)CCCCCCCCCCCCCCCCCCCCCCCCCCCCOC(=O)CCCCCCCCCCCCCCCCCCC. The van der Waals surface area contributed by atoms with Crippen molar-refractivity contribution in [2.45, 2.75) is 482 Å². The van der Waals surface area contributed by atoms with Crippen molar-refractivity contribution in [3.05, 3.63) is 0 Å². The Morgan fingerprint density at radius 3 is 0.718 bits per heavy atom. The number of hydrogen-bond acceptors (Lipinski definition) is 5. The fourth-order valence-electron chi connectivity index (χ4n) is 13.1. The molecule has 0 aliphatic heterocycles. The molecule has 2 unspecified atom stereocenters. The Labute approximate surface area is 534 Å². The highest BCUT2D eigenvalue weighted by molar-refractivity contribution is 5.76. The van der Waals surface area contributed by atoms with Crippen LogP contribution in [0.2, 0.25) is 0 Å². The maximum atomic E-state index is 12.6. The number of ether oxygens (including phenoxy) is 1. The molecular formula is C79H157NO5. The Morgan fingerprint density at radius 2 is 0.482 bits per heavy atom. The van der Waals surface area contributed by atoms with Gasteiger partial charge in [0.15, 0.2) is 0 Å². The van der Waals surface area contributed by atoms with Crippen LogP contribution in [0.3, 0.4) is 0 Å². The van der Waals surface area contributed by atoms with E-state index >= 15 is 0 Å². The van der Waals surface area contributed by atoms with Crippen molar-refractivity contribution in [2.75, 3.05) is 13.2 Å². The number of amides is 1. The lowest BCUT2D eigenvalue weighted by atomic mass is 10.0. The molecule has 0 rings (SSSR count). The summed E-state index contributed by atoms with van der Waals surface area (Å²) in [5, 5.41) is 23.5. The topological polar surface area (TPSA) is 95.9 Å². The first kappa shape index (κ1) is 83.9. The van der Waals surface area contributed by atoms with Gasteiger partial charge in [0, 0.05) is 12.8 Å². The normalized spacial score (nSPS) is 12.4. The van der Waals surface area contributed by atoms with Gasteiger partial charge in [-0.1, -0.05) is 431 Å². The fraction of sp³-hybridized carbons (Fsp3) is 0.975. The standard InChI is InChI=1S/C79H157NO5/c1-3-5-7-9-11-13-15-17-19-21-22-23-24-27-30-33-36-40-43-47-51-55-59-63-67-71-77(82)76(75-81)80-78(83)72-68-64-60-56-52-48-44-41-37-34-31-28-25-26-29-32-35-38-42-46-50-54-58-62-66-70-74-85-79(84)73-69-65-61-57-53-49-45-39-20-18-16-14-12-10-8-6-4-2/h76-77,81-82H,3-75H2,1-2H3,(H,80,83). The van der Waals surface area contributed by atoms with E-state index < -0.39 is 12.1 Å². The third-order valence-corrected chi connectivity index (χ3v) is 19.2. The Hall–Kier alpha value is -1.14. The van der Waals surface area contributed by atoms with Crippen LogP contribution < -0.4 is 5.32 Å². The average Bonchev–Trinajstić information content (AvgIpc) is 3.51. The second-order valence-electron chi connectivity index (χ2n) is 27.8. The zero-order chi connectivity index (χ0) is 61.3. The van der Waals surface area contributed by atoms with Gasteiger partial charge in [0.25, 0.3) is 0 Å². The van der Waals surface area contributed by atoms with Crippen molar-refractivity contribution in [1.29, 1.82) is 0 Å². The molecule has 0 aromatic heterocycles. The van der Waals surface area contributed by atoms with Crippen LogP contribution in [0, 0.1) is 0 Å². The van der Waals surface area contributed by atoms with Crippen molar-refractivity contribution in [2.24, 2.45) is 0 Å². The number of aliphatic hydroxyl groups excluding tert-OH is 2. The van der Waals surface area contributed by atoms with Crippen LogP contribution >= 0.6 is 0 Å². The van der Waals surface area contributed by atoms with Gasteiger partial charge < -0.3 is 20.3 Å². The summed E-state index contributed by atoms with van der Waals surface area (Å²) in [4.78, 5) is 24.7. The molecule has 2 atom stereocenters. The lowest BCUT2D eigenvalue weighted by Gasteiger charge is -2.22. The maximum Gasteiger partial charge on any atom is 0.305 e. The highest BCUT2D eigenvalue weighted by Crippen LogP contribution is 2.21. The molecule has 0 aliphatic carbocycles. The molecule has 0 aromatic rings. The van der Waals surface area contributed by atoms with Gasteiger partial charge in [-0.2, -0.15) is 0 Å². The molecule has 0 spiro atoms. The summed E-state index contributed by atoms with van der Waals surface area (Å²) in [5.74, 6) is -0.00282. The van der Waals surface area contributed by atoms with Gasteiger partial charge in [0.1, 0.15) is 0 Å². The summed E-state index contributed by atoms with van der Waals surface area (Å²) in [5.41, 5.74) is 0. The van der Waals surface area contributed by atoms with Crippen molar-refractivity contribution in [1.82, 2.24) is 5.32 Å². The van der Waals surface area contributed by atoms with E-state index in [4.69, 9.17) is 4.74 Å². The summed E-state index contributed by atoms with van der Waals surface area (Å²) < 4.78 is 5.51. The molecule has 0 saturated carbocycles. The van der Waals surface area contributed by atoms with Gasteiger partial charge >= 0.3 is 5.97 Å². The van der Waals surface area contributed by atoms with Gasteiger partial charge in [-0.3, -0.25) is 9.59 Å². The van der Waals surface area contributed by atoms with Crippen molar-refractivity contribution < 1.29 is 24.5 Å². The molecule has 0 saturated heterocycles. The van der Waals surface area contributed by atoms with Crippen LogP contribution in [0.5, 0.6) is 0 Å². The van der Waals surface area contributed by atoms with Gasteiger partial charge in [0.2, 0.25) is 5.91 Å². The second-order valence-corrected chi connectivity index (χ2v) is 27.8. The molecule has 0 fully saturated rings. The van der Waals surface area contributed by atoms with Gasteiger partial charge in [-0.25, -0.2) is 0 Å². The molecule has 0 radical (unpaired) electrons. The van der Waals surface area contributed by atoms with Gasteiger partial charge in [0.05, 0.1) is 25.4 Å². The zero-order valence-electron chi connectivity index (χ0n) is 58.4. The minimum absolute atomic E-state index is 0.0231. The average molecular weight is 1200 g/mol. The maximum absolute atomic E-state index is 12.6. The van der Waals surface area contributed by atoms with E-state index in [0.717, 1.165) is 38.5 Å². The lowest BCUT2D eigenvalue weighted by molar-refractivity contribution is -0.143. The zero-order valence-corrected chi connectivity index (χ0v) is 58.4. The Balaban J connectivity index is 3.34. The number of hydrogen-bond donors (Lipinski definition) is 3. The largest absolute Gasteiger partial charge is 0.466 e. The summed E-state index contributed by atoms with van der Waals surface area (Å²) in [6.07, 6.45) is 93.3. The first-order valence-corrected chi connectivity index (χ1v) is 39.8. The van der Waals surface area contributed by atoms with E-state index in [-0.39, 0.29) is 18.5 Å². The molecule has 6 heteroatoms. The van der Waals surface area contributed by atoms with Crippen molar-refractivity contribution >= 4 is 11.9 Å². The Morgan fingerprint density at radius 1 is 0.282 bits per heavy atom. The molecule has 0 aromatic carbocycles. The van der Waals surface area contributed by atoms with Crippen molar-refractivity contribution in [3.8, 4) is 0 Å². The highest BCUT2D eigenvalue weighted by atomic mass is 16.5. The predicted octanol–water partition coefficient (Wildman–Crippen LogP) is 26.1. The van der Waals surface area contributed by atoms with Crippen LogP contribution in [-0.4, -0.2) is 47.4 Å². The van der Waals surface area contributed by atoms with Crippen LogP contribution in [-0.2, 0) is 14.3 Å². The third-order valence-electron chi connectivity index (χ3n) is 19.2. The van der Waals surface area contributed by atoms with Crippen LogP contribution in [0.25, 0.3) is 0 Å². The Bertz CT molecular complexity index is 1240. The number of rotatable bonds is 76. The molecule has 508 valence electrons. The molecule has 0 heterocycles. The summed E-state index contributed by atoms with van der Waals surface area (Å²) in [6, 6.07) is -0.540. The minimum Gasteiger partial charge on any atom is -0.466 e. The highest BCUT2D eigenvalue weighted by Gasteiger charge is 2.20. The summed E-state index contributed by atoms with van der Waals surface area (Å²) in [7, 11) is 0. The monoisotopic (exact) mass is 1200 g/mol. The smallest absolute Gasteiger partial charge is 0.305 e. The van der Waals surface area contributed by atoms with Gasteiger partial charge in [-0.05, 0) is 25.7 Å². The number of esters is 1. The van der Waals surface area contributed by atoms with Crippen LogP contribution in [0.15, 0.2) is 0 Å². The van der Waals surface area contributed by atoms with Crippen LogP contribution in [0.4, 0.5) is 0 Å².